The summed E-state index contributed by atoms with van der Waals surface area (Å²) in [5, 5.41) is 0.619. The molecule has 0 N–H and O–H groups in total. The number of pyridine rings is 1. The van der Waals surface area contributed by atoms with Gasteiger partial charge in [0.2, 0.25) is 0 Å². The van der Waals surface area contributed by atoms with Crippen LogP contribution in [-0.4, -0.2) is 15.4 Å². The number of carbonyl (C=O) groups excluding carboxylic acids is 1. The molecule has 1 atom stereocenters. The van der Waals surface area contributed by atoms with Crippen LogP contribution < -0.4 is 5.56 Å². The summed E-state index contributed by atoms with van der Waals surface area (Å²) in [6.45, 7) is 3.79. The molecule has 6 heteroatoms. The Balaban J connectivity index is 1.76. The van der Waals surface area contributed by atoms with Crippen molar-refractivity contribution in [2.75, 3.05) is 0 Å². The van der Waals surface area contributed by atoms with Crippen molar-refractivity contribution < 1.29 is 9.53 Å². The van der Waals surface area contributed by atoms with E-state index in [-0.39, 0.29) is 24.1 Å². The second-order valence-corrected chi connectivity index (χ2v) is 6.58. The van der Waals surface area contributed by atoms with Gasteiger partial charge in [-0.25, -0.2) is 4.98 Å². The van der Waals surface area contributed by atoms with Crippen LogP contribution in [0.15, 0.2) is 53.5 Å². The highest BCUT2D eigenvalue weighted by Gasteiger charge is 2.20. The number of nitrogens with zero attached hydrogens (tertiary/aromatic N) is 2. The van der Waals surface area contributed by atoms with Gasteiger partial charge < -0.3 is 4.74 Å². The fourth-order valence-electron chi connectivity index (χ4n) is 2.81. The summed E-state index contributed by atoms with van der Waals surface area (Å²) in [4.78, 5) is 29.1. The van der Waals surface area contributed by atoms with Crippen LogP contribution in [0.1, 0.15) is 36.1 Å². The van der Waals surface area contributed by atoms with Gasteiger partial charge in [0.25, 0.3) is 5.56 Å². The molecule has 0 bridgehead atoms. The van der Waals surface area contributed by atoms with Crippen molar-refractivity contribution in [1.29, 1.82) is 0 Å². The van der Waals surface area contributed by atoms with Gasteiger partial charge in [-0.05, 0) is 42.7 Å². The first-order valence-electron chi connectivity index (χ1n) is 8.39. The molecule has 26 heavy (non-hydrogen) atoms. The molecule has 5 nitrogen and oxygen atoms in total. The van der Waals surface area contributed by atoms with Gasteiger partial charge in [-0.3, -0.25) is 14.0 Å². The maximum Gasteiger partial charge on any atom is 0.313 e. The van der Waals surface area contributed by atoms with Crippen LogP contribution in [0.3, 0.4) is 0 Å². The number of aryl methyl sites for hydroxylation is 1. The summed E-state index contributed by atoms with van der Waals surface area (Å²) in [5.74, 6) is -0.725. The molecule has 0 saturated heterocycles. The summed E-state index contributed by atoms with van der Waals surface area (Å²) in [6, 6.07) is 12.2. The molecule has 0 saturated carbocycles. The minimum atomic E-state index is -0.378. The molecule has 2 heterocycles. The minimum absolute atomic E-state index is 0.0391. The standard InChI is InChI=1S/C20H19ClN2O3/c1-3-17(14-5-7-15(21)8-6-14)20(25)26-12-16-10-19(24)23-11-13(2)4-9-18(23)22-16/h4-11,17H,3,12H2,1-2H3. The Bertz CT molecular complexity index is 996. The molecule has 134 valence electrons. The number of benzene rings is 1. The Morgan fingerprint density at radius 1 is 1.23 bits per heavy atom. The molecule has 1 unspecified atom stereocenters. The van der Waals surface area contributed by atoms with Crippen molar-refractivity contribution in [3.63, 3.8) is 0 Å². The topological polar surface area (TPSA) is 60.7 Å². The van der Waals surface area contributed by atoms with Gasteiger partial charge in [0.15, 0.2) is 0 Å². The van der Waals surface area contributed by atoms with Gasteiger partial charge in [0.05, 0.1) is 11.6 Å². The van der Waals surface area contributed by atoms with Crippen LogP contribution in [0.5, 0.6) is 0 Å². The highest BCUT2D eigenvalue weighted by atomic mass is 35.5. The summed E-state index contributed by atoms with van der Waals surface area (Å²) in [6.07, 6.45) is 2.33. The molecule has 0 aliphatic rings. The van der Waals surface area contributed by atoms with Gasteiger partial charge in [-0.1, -0.05) is 36.7 Å². The van der Waals surface area contributed by atoms with Gasteiger partial charge >= 0.3 is 5.97 Å². The normalized spacial score (nSPS) is 12.1. The third-order valence-corrected chi connectivity index (χ3v) is 4.44. The molecule has 0 radical (unpaired) electrons. The Morgan fingerprint density at radius 3 is 2.65 bits per heavy atom. The molecular formula is C20H19ClN2O3. The van der Waals surface area contributed by atoms with Gasteiger partial charge in [-0.2, -0.15) is 0 Å². The van der Waals surface area contributed by atoms with Gasteiger partial charge in [0, 0.05) is 17.3 Å². The lowest BCUT2D eigenvalue weighted by Gasteiger charge is -2.14. The van der Waals surface area contributed by atoms with Crippen LogP contribution in [0.2, 0.25) is 5.02 Å². The van der Waals surface area contributed by atoms with Crippen LogP contribution in [0, 0.1) is 6.92 Å². The number of hydrogen-bond acceptors (Lipinski definition) is 4. The maximum absolute atomic E-state index is 12.5. The number of rotatable bonds is 5. The SMILES string of the molecule is CCC(C(=O)OCc1cc(=O)n2cc(C)ccc2n1)c1ccc(Cl)cc1. The summed E-state index contributed by atoms with van der Waals surface area (Å²) < 4.78 is 6.89. The number of aromatic nitrogens is 2. The van der Waals surface area contributed by atoms with E-state index < -0.39 is 0 Å². The zero-order valence-corrected chi connectivity index (χ0v) is 15.4. The van der Waals surface area contributed by atoms with E-state index in [1.807, 2.05) is 32.0 Å². The van der Waals surface area contributed by atoms with E-state index in [2.05, 4.69) is 4.98 Å². The van der Waals surface area contributed by atoms with E-state index in [9.17, 15) is 9.59 Å². The van der Waals surface area contributed by atoms with Crippen molar-refractivity contribution in [3.05, 3.63) is 80.9 Å². The average molecular weight is 371 g/mol. The number of esters is 1. The zero-order chi connectivity index (χ0) is 18.7. The van der Waals surface area contributed by atoms with Crippen LogP contribution in [0.25, 0.3) is 5.65 Å². The first-order chi connectivity index (χ1) is 12.5. The molecule has 2 aromatic heterocycles. The third-order valence-electron chi connectivity index (χ3n) is 4.19. The molecule has 0 spiro atoms. The zero-order valence-electron chi connectivity index (χ0n) is 14.6. The molecule has 0 fully saturated rings. The molecule has 3 rings (SSSR count). The molecule has 0 amide bonds. The lowest BCUT2D eigenvalue weighted by Crippen LogP contribution is -2.19. The van der Waals surface area contributed by atoms with Crippen molar-refractivity contribution in [1.82, 2.24) is 9.38 Å². The van der Waals surface area contributed by atoms with Crippen molar-refractivity contribution in [2.24, 2.45) is 0 Å². The Kier molecular flexibility index (Phi) is 5.38. The first-order valence-corrected chi connectivity index (χ1v) is 8.76. The van der Waals surface area contributed by atoms with E-state index in [4.69, 9.17) is 16.3 Å². The second kappa shape index (κ2) is 7.70. The fourth-order valence-corrected chi connectivity index (χ4v) is 2.94. The molecule has 3 aromatic rings. The monoisotopic (exact) mass is 370 g/mol. The maximum atomic E-state index is 12.5. The Morgan fingerprint density at radius 2 is 1.96 bits per heavy atom. The van der Waals surface area contributed by atoms with Gasteiger partial charge in [-0.15, -0.1) is 0 Å². The van der Waals surface area contributed by atoms with E-state index in [0.717, 1.165) is 11.1 Å². The smallest absolute Gasteiger partial charge is 0.313 e. The molecule has 1 aromatic carbocycles. The van der Waals surface area contributed by atoms with Crippen LogP contribution in [0.4, 0.5) is 0 Å². The lowest BCUT2D eigenvalue weighted by atomic mass is 9.97. The summed E-state index contributed by atoms with van der Waals surface area (Å²) in [5.41, 5.74) is 2.57. The highest BCUT2D eigenvalue weighted by molar-refractivity contribution is 6.30. The van der Waals surface area contributed by atoms with E-state index in [1.54, 1.807) is 24.4 Å². The quantitative estimate of drug-likeness (QED) is 0.639. The van der Waals surface area contributed by atoms with E-state index in [0.29, 0.717) is 22.8 Å². The van der Waals surface area contributed by atoms with Gasteiger partial charge in [0.1, 0.15) is 12.3 Å². The van der Waals surface area contributed by atoms with Crippen LogP contribution in [-0.2, 0) is 16.1 Å². The highest BCUT2D eigenvalue weighted by Crippen LogP contribution is 2.23. The fraction of sp³-hybridized carbons (Fsp3) is 0.250. The van der Waals surface area contributed by atoms with Crippen molar-refractivity contribution in [2.45, 2.75) is 32.8 Å². The van der Waals surface area contributed by atoms with Crippen molar-refractivity contribution >= 4 is 23.2 Å². The number of fused-ring (bicyclic) bond motifs is 1. The molecular weight excluding hydrogens is 352 g/mol. The average Bonchev–Trinajstić information content (AvgIpc) is 2.63. The molecule has 0 aliphatic carbocycles. The Hall–Kier alpha value is -2.66. The summed E-state index contributed by atoms with van der Waals surface area (Å²) in [7, 11) is 0. The van der Waals surface area contributed by atoms with E-state index in [1.165, 1.54) is 10.5 Å². The minimum Gasteiger partial charge on any atom is -0.459 e. The van der Waals surface area contributed by atoms with Crippen molar-refractivity contribution in [3.8, 4) is 0 Å². The van der Waals surface area contributed by atoms with E-state index >= 15 is 0 Å². The van der Waals surface area contributed by atoms with Crippen LogP contribution >= 0.6 is 11.6 Å². The number of halogens is 1. The lowest BCUT2D eigenvalue weighted by molar-refractivity contribution is -0.147. The number of ether oxygens (including phenoxy) is 1. The largest absolute Gasteiger partial charge is 0.459 e. The second-order valence-electron chi connectivity index (χ2n) is 6.14. The predicted octanol–water partition coefficient (Wildman–Crippen LogP) is 3.89. The first kappa shape index (κ1) is 18.1. The molecule has 0 aliphatic heterocycles. The summed E-state index contributed by atoms with van der Waals surface area (Å²) >= 11 is 5.90. The Labute approximate surface area is 156 Å². The number of carbonyl (C=O) groups is 1. The predicted molar refractivity (Wildman–Crippen MR) is 100 cm³/mol. The number of hydrogen-bond donors (Lipinski definition) is 0. The third kappa shape index (κ3) is 3.94.